The zero-order valence-electron chi connectivity index (χ0n) is 14.7. The summed E-state index contributed by atoms with van der Waals surface area (Å²) in [5, 5.41) is 8.96. The minimum Gasteiger partial charge on any atom is -0.496 e. The predicted octanol–water partition coefficient (Wildman–Crippen LogP) is 4.32. The molecule has 0 aliphatic carbocycles. The van der Waals surface area contributed by atoms with Crippen LogP contribution in [0.4, 0.5) is 0 Å². The third kappa shape index (κ3) is 3.70. The van der Waals surface area contributed by atoms with Gasteiger partial charge in [-0.1, -0.05) is 6.07 Å². The number of ether oxygens (including phenoxy) is 3. The van der Waals surface area contributed by atoms with Crippen molar-refractivity contribution in [2.24, 2.45) is 0 Å². The second-order valence-electron chi connectivity index (χ2n) is 6.06. The second-order valence-corrected chi connectivity index (χ2v) is 7.98. The predicted molar refractivity (Wildman–Crippen MR) is 104 cm³/mol. The van der Waals surface area contributed by atoms with E-state index in [9.17, 15) is 0 Å². The fourth-order valence-corrected chi connectivity index (χ4v) is 4.56. The second kappa shape index (κ2) is 7.65. The maximum Gasteiger partial charge on any atom is 0.231 e. The quantitative estimate of drug-likeness (QED) is 0.653. The van der Waals surface area contributed by atoms with E-state index < -0.39 is 0 Å². The van der Waals surface area contributed by atoms with Gasteiger partial charge in [-0.2, -0.15) is 0 Å². The van der Waals surface area contributed by atoms with E-state index >= 15 is 0 Å². The Labute approximate surface area is 160 Å². The average Bonchev–Trinajstić information content (AvgIpc) is 3.39. The lowest BCUT2D eigenvalue weighted by Gasteiger charge is -2.17. The normalized spacial score (nSPS) is 13.8. The Morgan fingerprint density at radius 3 is 2.81 bits per heavy atom. The lowest BCUT2D eigenvalue weighted by atomic mass is 10.1. The van der Waals surface area contributed by atoms with E-state index in [-0.39, 0.29) is 12.8 Å². The van der Waals surface area contributed by atoms with Crippen molar-refractivity contribution in [2.45, 2.75) is 25.9 Å². The Kier molecular flexibility index (Phi) is 5.10. The SMILES string of the molecule is COc1cc2c(cc1CN[C@@H](Cc1cccs1)c1nc(C)cs1)OCO2. The number of nitrogens with one attached hydrogen (secondary N) is 1. The summed E-state index contributed by atoms with van der Waals surface area (Å²) in [4.78, 5) is 6.03. The van der Waals surface area contributed by atoms with Gasteiger partial charge in [-0.3, -0.25) is 0 Å². The van der Waals surface area contributed by atoms with Crippen LogP contribution in [0.25, 0.3) is 0 Å². The minimum atomic E-state index is 0.155. The van der Waals surface area contributed by atoms with Crippen molar-refractivity contribution in [2.75, 3.05) is 13.9 Å². The maximum absolute atomic E-state index is 5.53. The van der Waals surface area contributed by atoms with E-state index in [4.69, 9.17) is 14.2 Å². The first kappa shape index (κ1) is 17.3. The van der Waals surface area contributed by atoms with Gasteiger partial charge in [0.15, 0.2) is 11.5 Å². The molecule has 26 heavy (non-hydrogen) atoms. The monoisotopic (exact) mass is 388 g/mol. The molecule has 3 aromatic rings. The van der Waals surface area contributed by atoms with E-state index in [0.717, 1.165) is 39.9 Å². The molecule has 1 aromatic carbocycles. The largest absolute Gasteiger partial charge is 0.496 e. The third-order valence-corrected chi connectivity index (χ3v) is 6.21. The van der Waals surface area contributed by atoms with E-state index in [0.29, 0.717) is 6.54 Å². The van der Waals surface area contributed by atoms with Gasteiger partial charge in [0.1, 0.15) is 10.8 Å². The molecular weight excluding hydrogens is 368 g/mol. The molecule has 136 valence electrons. The van der Waals surface area contributed by atoms with E-state index in [1.807, 2.05) is 19.1 Å². The Morgan fingerprint density at radius 2 is 2.12 bits per heavy atom. The topological polar surface area (TPSA) is 52.6 Å². The van der Waals surface area contributed by atoms with E-state index in [1.165, 1.54) is 4.88 Å². The molecule has 0 unspecified atom stereocenters. The third-order valence-electron chi connectivity index (χ3n) is 4.23. The van der Waals surface area contributed by atoms with Crippen LogP contribution >= 0.6 is 22.7 Å². The molecule has 1 aliphatic heterocycles. The van der Waals surface area contributed by atoms with Crippen LogP contribution in [0.3, 0.4) is 0 Å². The Balaban J connectivity index is 1.54. The van der Waals surface area contributed by atoms with Crippen molar-refractivity contribution in [1.82, 2.24) is 10.3 Å². The van der Waals surface area contributed by atoms with Gasteiger partial charge in [0.05, 0.1) is 13.2 Å². The van der Waals surface area contributed by atoms with E-state index in [2.05, 4.69) is 33.2 Å². The summed E-state index contributed by atoms with van der Waals surface area (Å²) < 4.78 is 16.5. The number of hydrogen-bond acceptors (Lipinski definition) is 7. The molecule has 3 heterocycles. The molecule has 1 aliphatic rings. The maximum atomic E-state index is 5.53. The molecule has 7 heteroatoms. The van der Waals surface area contributed by atoms with Crippen molar-refractivity contribution >= 4 is 22.7 Å². The number of hydrogen-bond donors (Lipinski definition) is 1. The van der Waals surface area contributed by atoms with Crippen LogP contribution in [-0.2, 0) is 13.0 Å². The molecule has 0 saturated carbocycles. The van der Waals surface area contributed by atoms with Crippen LogP contribution in [0.5, 0.6) is 17.2 Å². The number of thiophene rings is 1. The molecule has 2 aromatic heterocycles. The summed E-state index contributed by atoms with van der Waals surface area (Å²) in [6, 6.07) is 8.29. The van der Waals surface area contributed by atoms with Gasteiger partial charge >= 0.3 is 0 Å². The van der Waals surface area contributed by atoms with Crippen molar-refractivity contribution in [3.8, 4) is 17.2 Å². The number of fused-ring (bicyclic) bond motifs is 1. The summed E-state index contributed by atoms with van der Waals surface area (Å²) in [5.41, 5.74) is 2.10. The standard InChI is InChI=1S/C19H20N2O3S2/c1-12-10-26-19(21-12)15(7-14-4-3-5-25-14)20-9-13-6-17-18(24-11-23-17)8-16(13)22-2/h3-6,8,10,15,20H,7,9,11H2,1-2H3/t15-/m0/s1. The highest BCUT2D eigenvalue weighted by atomic mass is 32.1. The lowest BCUT2D eigenvalue weighted by Crippen LogP contribution is -2.23. The molecule has 1 atom stereocenters. The van der Waals surface area contributed by atoms with Crippen molar-refractivity contribution < 1.29 is 14.2 Å². The molecule has 5 nitrogen and oxygen atoms in total. The van der Waals surface area contributed by atoms with Crippen LogP contribution in [0.15, 0.2) is 35.0 Å². The van der Waals surface area contributed by atoms with Crippen molar-refractivity contribution in [3.63, 3.8) is 0 Å². The Morgan fingerprint density at radius 1 is 1.27 bits per heavy atom. The molecule has 0 fully saturated rings. The summed E-state index contributed by atoms with van der Waals surface area (Å²) in [7, 11) is 1.67. The number of benzene rings is 1. The van der Waals surface area contributed by atoms with Gasteiger partial charge in [0.2, 0.25) is 6.79 Å². The number of aryl methyl sites for hydroxylation is 1. The molecule has 0 radical (unpaired) electrons. The summed E-state index contributed by atoms with van der Waals surface area (Å²) >= 11 is 3.47. The summed E-state index contributed by atoms with van der Waals surface area (Å²) in [6.45, 7) is 2.95. The smallest absolute Gasteiger partial charge is 0.231 e. The number of methoxy groups -OCH3 is 1. The van der Waals surface area contributed by atoms with Gasteiger partial charge in [-0.25, -0.2) is 4.98 Å². The highest BCUT2D eigenvalue weighted by molar-refractivity contribution is 7.10. The number of rotatable bonds is 7. The fourth-order valence-electron chi connectivity index (χ4n) is 2.94. The highest BCUT2D eigenvalue weighted by Gasteiger charge is 2.20. The first-order chi connectivity index (χ1) is 12.7. The zero-order chi connectivity index (χ0) is 17.9. The molecule has 0 spiro atoms. The number of thiazole rings is 1. The minimum absolute atomic E-state index is 0.155. The van der Waals surface area contributed by atoms with Crippen LogP contribution in [0.1, 0.15) is 27.2 Å². The van der Waals surface area contributed by atoms with Gasteiger partial charge in [0.25, 0.3) is 0 Å². The molecule has 1 N–H and O–H groups in total. The van der Waals surface area contributed by atoms with Crippen LogP contribution in [0, 0.1) is 6.92 Å². The molecule has 0 bridgehead atoms. The lowest BCUT2D eigenvalue weighted by molar-refractivity contribution is 0.174. The van der Waals surface area contributed by atoms with Crippen LogP contribution < -0.4 is 19.5 Å². The Bertz CT molecular complexity index is 877. The number of aromatic nitrogens is 1. The van der Waals surface area contributed by atoms with Crippen LogP contribution in [-0.4, -0.2) is 18.9 Å². The van der Waals surface area contributed by atoms with Gasteiger partial charge < -0.3 is 19.5 Å². The van der Waals surface area contributed by atoms with E-state index in [1.54, 1.807) is 29.8 Å². The van der Waals surface area contributed by atoms with Crippen LogP contribution in [0.2, 0.25) is 0 Å². The first-order valence-electron chi connectivity index (χ1n) is 8.37. The zero-order valence-corrected chi connectivity index (χ0v) is 16.3. The molecule has 0 amide bonds. The molecular formula is C19H20N2O3S2. The van der Waals surface area contributed by atoms with Crippen molar-refractivity contribution in [1.29, 1.82) is 0 Å². The molecule has 0 saturated heterocycles. The van der Waals surface area contributed by atoms with Gasteiger partial charge in [0, 0.05) is 40.5 Å². The van der Waals surface area contributed by atoms with Crippen molar-refractivity contribution in [3.05, 3.63) is 56.2 Å². The summed E-state index contributed by atoms with van der Waals surface area (Å²) in [6.07, 6.45) is 0.914. The van der Waals surface area contributed by atoms with Gasteiger partial charge in [-0.15, -0.1) is 22.7 Å². The average molecular weight is 389 g/mol. The number of nitrogens with zero attached hydrogens (tertiary/aromatic N) is 1. The first-order valence-corrected chi connectivity index (χ1v) is 10.1. The van der Waals surface area contributed by atoms with Gasteiger partial charge in [-0.05, 0) is 24.4 Å². The summed E-state index contributed by atoms with van der Waals surface area (Å²) in [5.74, 6) is 2.30. The Hall–Kier alpha value is -2.09. The molecule has 4 rings (SSSR count). The fraction of sp³-hybridized carbons (Fsp3) is 0.316. The highest BCUT2D eigenvalue weighted by Crippen LogP contribution is 2.38.